The summed E-state index contributed by atoms with van der Waals surface area (Å²) in [5, 5.41) is 9.50. The number of unbranched alkanes of at least 4 members (excludes halogenated alkanes) is 13. The number of aliphatic hydroxyl groups excluding tert-OH is 1. The first-order chi connectivity index (χ1) is 20.1. The lowest BCUT2D eigenvalue weighted by Gasteiger charge is -2.15. The van der Waals surface area contributed by atoms with Gasteiger partial charge in [0.2, 0.25) is 0 Å². The van der Waals surface area contributed by atoms with Crippen molar-refractivity contribution in [1.82, 2.24) is 0 Å². The molecule has 5 heteroatoms. The standard InChI is InChI=1S/C36H62O5/c1-3-5-7-9-11-13-15-17-18-19-21-23-25-27-29-31-36(39)41-34(32-37)33-40-35(38)30-28-26-24-22-20-16-14-12-10-8-6-4-2/h5,7,11-14,17-18,34,37H,3-4,6,8-10,15-16,19-33H2,1-2H3/b7-5-,13-11-,14-12-,18-17-. The molecule has 5 nitrogen and oxygen atoms in total. The van der Waals surface area contributed by atoms with Gasteiger partial charge in [0, 0.05) is 12.8 Å². The molecule has 0 aromatic rings. The summed E-state index contributed by atoms with van der Waals surface area (Å²) < 4.78 is 10.5. The Morgan fingerprint density at radius 1 is 0.585 bits per heavy atom. The monoisotopic (exact) mass is 574 g/mol. The van der Waals surface area contributed by atoms with Crippen LogP contribution in [0, 0.1) is 0 Å². The van der Waals surface area contributed by atoms with Crippen LogP contribution >= 0.6 is 0 Å². The van der Waals surface area contributed by atoms with E-state index in [-0.39, 0.29) is 25.2 Å². The Balaban J connectivity index is 3.65. The van der Waals surface area contributed by atoms with Crippen LogP contribution in [0.2, 0.25) is 0 Å². The maximum atomic E-state index is 12.1. The van der Waals surface area contributed by atoms with E-state index in [0.29, 0.717) is 12.8 Å². The van der Waals surface area contributed by atoms with E-state index < -0.39 is 6.10 Å². The van der Waals surface area contributed by atoms with Crippen molar-refractivity contribution in [1.29, 1.82) is 0 Å². The van der Waals surface area contributed by atoms with Crippen molar-refractivity contribution in [3.63, 3.8) is 0 Å². The fourth-order valence-electron chi connectivity index (χ4n) is 4.33. The molecule has 0 radical (unpaired) electrons. The Kier molecular flexibility index (Phi) is 30.7. The van der Waals surface area contributed by atoms with Crippen LogP contribution in [-0.2, 0) is 19.1 Å². The Morgan fingerprint density at radius 2 is 1.05 bits per heavy atom. The lowest BCUT2D eigenvalue weighted by atomic mass is 10.1. The summed E-state index contributed by atoms with van der Waals surface area (Å²) in [5.41, 5.74) is 0. The van der Waals surface area contributed by atoms with E-state index in [4.69, 9.17) is 9.47 Å². The van der Waals surface area contributed by atoms with Crippen LogP contribution in [0.25, 0.3) is 0 Å². The Morgan fingerprint density at radius 3 is 1.61 bits per heavy atom. The summed E-state index contributed by atoms with van der Waals surface area (Å²) in [4.78, 5) is 24.1. The number of carbonyl (C=O) groups is 2. The minimum absolute atomic E-state index is 0.0785. The van der Waals surface area contributed by atoms with Crippen molar-refractivity contribution in [2.75, 3.05) is 13.2 Å². The molecular weight excluding hydrogens is 512 g/mol. The molecule has 1 N–H and O–H groups in total. The van der Waals surface area contributed by atoms with Gasteiger partial charge in [0.1, 0.15) is 6.61 Å². The van der Waals surface area contributed by atoms with Crippen molar-refractivity contribution < 1.29 is 24.2 Å². The highest BCUT2D eigenvalue weighted by Gasteiger charge is 2.16. The molecule has 0 saturated heterocycles. The molecule has 1 unspecified atom stereocenters. The SMILES string of the molecule is CC/C=C\C/C=C\C/C=C\CCCCCCCC(=O)OC(CO)COC(=O)CCCCCCC/C=C\CCCCC. The molecule has 0 aliphatic carbocycles. The largest absolute Gasteiger partial charge is 0.462 e. The van der Waals surface area contributed by atoms with Gasteiger partial charge in [-0.2, -0.15) is 0 Å². The molecular formula is C36H62O5. The fraction of sp³-hybridized carbons (Fsp3) is 0.722. The van der Waals surface area contributed by atoms with Gasteiger partial charge in [0.25, 0.3) is 0 Å². The number of hydrogen-bond donors (Lipinski definition) is 1. The Bertz CT molecular complexity index is 707. The molecule has 0 spiro atoms. The number of ether oxygens (including phenoxy) is 2. The van der Waals surface area contributed by atoms with E-state index in [1.165, 1.54) is 44.9 Å². The maximum absolute atomic E-state index is 12.1. The highest BCUT2D eigenvalue weighted by atomic mass is 16.6. The number of rotatable bonds is 29. The third-order valence-corrected chi connectivity index (χ3v) is 6.86. The van der Waals surface area contributed by atoms with Crippen LogP contribution in [0.5, 0.6) is 0 Å². The van der Waals surface area contributed by atoms with Crippen LogP contribution in [0.4, 0.5) is 0 Å². The average molecular weight is 575 g/mol. The van der Waals surface area contributed by atoms with Gasteiger partial charge in [-0.05, 0) is 70.6 Å². The van der Waals surface area contributed by atoms with Crippen LogP contribution < -0.4 is 0 Å². The van der Waals surface area contributed by atoms with E-state index >= 15 is 0 Å². The van der Waals surface area contributed by atoms with Gasteiger partial charge < -0.3 is 14.6 Å². The molecule has 1 atom stereocenters. The van der Waals surface area contributed by atoms with E-state index in [1.54, 1.807) is 0 Å². The fourth-order valence-corrected chi connectivity index (χ4v) is 4.33. The van der Waals surface area contributed by atoms with Crippen LogP contribution in [-0.4, -0.2) is 36.4 Å². The second-order valence-corrected chi connectivity index (χ2v) is 10.9. The number of aliphatic hydroxyl groups is 1. The number of hydrogen-bond acceptors (Lipinski definition) is 5. The van der Waals surface area contributed by atoms with Gasteiger partial charge in [-0.1, -0.05) is 114 Å². The Hall–Kier alpha value is -2.14. The average Bonchev–Trinajstić information content (AvgIpc) is 2.97. The molecule has 0 fully saturated rings. The van der Waals surface area contributed by atoms with E-state index in [9.17, 15) is 14.7 Å². The van der Waals surface area contributed by atoms with Crippen LogP contribution in [0.3, 0.4) is 0 Å². The topological polar surface area (TPSA) is 72.8 Å². The lowest BCUT2D eigenvalue weighted by Crippen LogP contribution is -2.28. The zero-order chi connectivity index (χ0) is 30.1. The summed E-state index contributed by atoms with van der Waals surface area (Å²) in [6.45, 7) is 3.95. The third kappa shape index (κ3) is 30.6. The maximum Gasteiger partial charge on any atom is 0.306 e. The molecule has 0 amide bonds. The lowest BCUT2D eigenvalue weighted by molar-refractivity contribution is -0.161. The van der Waals surface area contributed by atoms with Gasteiger partial charge in [0.15, 0.2) is 6.10 Å². The van der Waals surface area contributed by atoms with Crippen LogP contribution in [0.1, 0.15) is 149 Å². The number of carbonyl (C=O) groups excluding carboxylic acids is 2. The number of esters is 2. The second kappa shape index (κ2) is 32.4. The Labute approximate surface area is 252 Å². The molecule has 0 aromatic heterocycles. The summed E-state index contributed by atoms with van der Waals surface area (Å²) in [6, 6.07) is 0. The van der Waals surface area contributed by atoms with E-state index in [1.807, 2.05) is 0 Å². The van der Waals surface area contributed by atoms with Gasteiger partial charge in [0.05, 0.1) is 6.61 Å². The zero-order valence-corrected chi connectivity index (χ0v) is 26.5. The first-order valence-electron chi connectivity index (χ1n) is 16.7. The van der Waals surface area contributed by atoms with Gasteiger partial charge >= 0.3 is 11.9 Å². The van der Waals surface area contributed by atoms with Crippen molar-refractivity contribution in [3.05, 3.63) is 48.6 Å². The third-order valence-electron chi connectivity index (χ3n) is 6.86. The minimum atomic E-state index is -0.782. The van der Waals surface area contributed by atoms with Gasteiger partial charge in [-0.25, -0.2) is 0 Å². The van der Waals surface area contributed by atoms with Crippen molar-refractivity contribution in [2.24, 2.45) is 0 Å². The normalized spacial score (nSPS) is 12.8. The molecule has 41 heavy (non-hydrogen) atoms. The summed E-state index contributed by atoms with van der Waals surface area (Å²) in [6.07, 6.45) is 38.7. The molecule has 0 aliphatic heterocycles. The highest BCUT2D eigenvalue weighted by Crippen LogP contribution is 2.11. The summed E-state index contributed by atoms with van der Waals surface area (Å²) in [7, 11) is 0. The molecule has 0 aliphatic rings. The van der Waals surface area contributed by atoms with E-state index in [0.717, 1.165) is 77.0 Å². The van der Waals surface area contributed by atoms with Gasteiger partial charge in [-0.15, -0.1) is 0 Å². The van der Waals surface area contributed by atoms with Crippen LogP contribution in [0.15, 0.2) is 48.6 Å². The quantitative estimate of drug-likeness (QED) is 0.0547. The van der Waals surface area contributed by atoms with Crippen molar-refractivity contribution >= 4 is 11.9 Å². The first-order valence-corrected chi connectivity index (χ1v) is 16.7. The van der Waals surface area contributed by atoms with E-state index in [2.05, 4.69) is 62.5 Å². The molecule has 0 saturated carbocycles. The summed E-state index contributed by atoms with van der Waals surface area (Å²) in [5.74, 6) is -0.627. The predicted molar refractivity (Wildman–Crippen MR) is 173 cm³/mol. The molecule has 0 aromatic carbocycles. The predicted octanol–water partition coefficient (Wildman–Crippen LogP) is 9.89. The van der Waals surface area contributed by atoms with Gasteiger partial charge in [-0.3, -0.25) is 9.59 Å². The first kappa shape index (κ1) is 38.9. The molecule has 0 rings (SSSR count). The number of allylic oxidation sites excluding steroid dienone is 8. The zero-order valence-electron chi connectivity index (χ0n) is 26.5. The highest BCUT2D eigenvalue weighted by molar-refractivity contribution is 5.70. The van der Waals surface area contributed by atoms with Crippen molar-refractivity contribution in [3.8, 4) is 0 Å². The minimum Gasteiger partial charge on any atom is -0.462 e. The molecule has 0 bridgehead atoms. The smallest absolute Gasteiger partial charge is 0.306 e. The summed E-state index contributed by atoms with van der Waals surface area (Å²) >= 11 is 0. The van der Waals surface area contributed by atoms with Crippen molar-refractivity contribution in [2.45, 2.75) is 155 Å². The molecule has 0 heterocycles. The molecule has 236 valence electrons. The second-order valence-electron chi connectivity index (χ2n) is 10.9.